The van der Waals surface area contributed by atoms with Crippen molar-refractivity contribution in [2.75, 3.05) is 13.7 Å². The van der Waals surface area contributed by atoms with Crippen molar-refractivity contribution >= 4 is 17.6 Å². The van der Waals surface area contributed by atoms with Crippen molar-refractivity contribution in [1.82, 2.24) is 5.32 Å². The van der Waals surface area contributed by atoms with Crippen LogP contribution in [0.15, 0.2) is 76.7 Å². The van der Waals surface area contributed by atoms with Crippen LogP contribution < -0.4 is 10.1 Å². The van der Waals surface area contributed by atoms with Crippen molar-refractivity contribution in [3.8, 4) is 11.5 Å². The van der Waals surface area contributed by atoms with Crippen molar-refractivity contribution in [3.05, 3.63) is 94.5 Å². The molecule has 0 saturated heterocycles. The predicted molar refractivity (Wildman–Crippen MR) is 157 cm³/mol. The molecule has 3 aromatic carbocycles. The van der Waals surface area contributed by atoms with Crippen molar-refractivity contribution in [2.45, 2.75) is 53.6 Å². The second kappa shape index (κ2) is 14.1. The molecule has 206 valence electrons. The van der Waals surface area contributed by atoms with E-state index in [1.54, 1.807) is 30.3 Å². The van der Waals surface area contributed by atoms with Gasteiger partial charge in [-0.05, 0) is 49.1 Å². The first-order chi connectivity index (χ1) is 18.8. The van der Waals surface area contributed by atoms with Crippen molar-refractivity contribution in [2.24, 2.45) is 15.9 Å². The first-order valence-electron chi connectivity index (χ1n) is 13.4. The van der Waals surface area contributed by atoms with Crippen LogP contribution in [0.25, 0.3) is 0 Å². The summed E-state index contributed by atoms with van der Waals surface area (Å²) in [4.78, 5) is 21.6. The van der Waals surface area contributed by atoms with Crippen LogP contribution >= 0.6 is 0 Å². The zero-order valence-corrected chi connectivity index (χ0v) is 23.7. The third-order valence-corrected chi connectivity index (χ3v) is 5.71. The number of amidine groups is 2. The highest BCUT2D eigenvalue weighted by atomic mass is 16.5. The molecule has 7 heteroatoms. The number of ether oxygens (including phenoxy) is 2. The Morgan fingerprint density at radius 3 is 2.26 bits per heavy atom. The van der Waals surface area contributed by atoms with E-state index in [1.807, 2.05) is 37.3 Å². The van der Waals surface area contributed by atoms with Gasteiger partial charge in [-0.15, -0.1) is 0 Å². The number of carbonyl (C=O) groups is 1. The number of methoxy groups -OCH3 is 1. The molecular weight excluding hydrogens is 490 g/mol. The number of aromatic hydroxyl groups is 1. The van der Waals surface area contributed by atoms with Gasteiger partial charge in [-0.1, -0.05) is 70.5 Å². The Balaban J connectivity index is 0.000000983. The molecule has 3 aromatic rings. The minimum absolute atomic E-state index is 0.0603. The summed E-state index contributed by atoms with van der Waals surface area (Å²) < 4.78 is 10.3. The monoisotopic (exact) mass is 529 g/mol. The van der Waals surface area contributed by atoms with Crippen LogP contribution in [0.2, 0.25) is 0 Å². The minimum Gasteiger partial charge on any atom is -0.507 e. The quantitative estimate of drug-likeness (QED) is 0.317. The fourth-order valence-electron chi connectivity index (χ4n) is 4.01. The van der Waals surface area contributed by atoms with Crippen molar-refractivity contribution in [3.63, 3.8) is 0 Å². The van der Waals surface area contributed by atoms with Gasteiger partial charge in [0.2, 0.25) is 0 Å². The molecule has 0 saturated carbocycles. The molecule has 2 N–H and O–H groups in total. The van der Waals surface area contributed by atoms with Gasteiger partial charge in [-0.25, -0.2) is 14.8 Å². The van der Waals surface area contributed by atoms with Gasteiger partial charge in [0.15, 0.2) is 6.17 Å². The summed E-state index contributed by atoms with van der Waals surface area (Å²) in [6, 6.07) is 20.4. The predicted octanol–water partition coefficient (Wildman–Crippen LogP) is 6.69. The van der Waals surface area contributed by atoms with Gasteiger partial charge in [0.1, 0.15) is 23.2 Å². The molecule has 0 bridgehead atoms. The van der Waals surface area contributed by atoms with E-state index in [2.05, 4.69) is 39.1 Å². The third-order valence-electron chi connectivity index (χ3n) is 5.71. The zero-order chi connectivity index (χ0) is 28.4. The number of carbonyl (C=O) groups excluding carboxylic acids is 1. The van der Waals surface area contributed by atoms with E-state index in [0.717, 1.165) is 29.9 Å². The molecular formula is C32H39N3O4. The Morgan fingerprint density at radius 1 is 0.974 bits per heavy atom. The molecule has 7 nitrogen and oxygen atoms in total. The molecule has 0 spiro atoms. The van der Waals surface area contributed by atoms with Gasteiger partial charge in [-0.3, -0.25) is 0 Å². The molecule has 1 aliphatic heterocycles. The topological polar surface area (TPSA) is 92.5 Å². The van der Waals surface area contributed by atoms with Gasteiger partial charge in [0, 0.05) is 17.2 Å². The van der Waals surface area contributed by atoms with E-state index in [0.29, 0.717) is 35.2 Å². The lowest BCUT2D eigenvalue weighted by molar-refractivity contribution is 0.0600. The maximum absolute atomic E-state index is 11.9. The fraction of sp³-hybridized carbons (Fsp3) is 0.344. The normalized spacial score (nSPS) is 14.4. The molecule has 4 rings (SSSR count). The van der Waals surface area contributed by atoms with Crippen LogP contribution in [-0.4, -0.2) is 36.5 Å². The molecule has 1 atom stereocenters. The molecule has 1 aliphatic rings. The average Bonchev–Trinajstić information content (AvgIpc) is 2.93. The Hall–Kier alpha value is -4.13. The standard InChI is InChI=1S/C28H29N3O4.C4H10/c1-4-8-18-9-6-7-10-22(18)26-29-25(19-11-13-20(14-12-19)28(33)34-3)30-27(31-26)23-16-15-21(35-5-2)17-24(23)32;1-4(2)3/h6-7,9-17,26,32H,4-5,8H2,1-3H3,(H,29,30,31);4H,1-3H3. The second-order valence-electron chi connectivity index (χ2n) is 9.82. The van der Waals surface area contributed by atoms with Gasteiger partial charge in [0.25, 0.3) is 0 Å². The van der Waals surface area contributed by atoms with Gasteiger partial charge in [0.05, 0.1) is 24.8 Å². The first kappa shape index (κ1) is 29.4. The van der Waals surface area contributed by atoms with Crippen LogP contribution in [0.1, 0.15) is 79.8 Å². The van der Waals surface area contributed by atoms with E-state index in [1.165, 1.54) is 12.7 Å². The summed E-state index contributed by atoms with van der Waals surface area (Å²) in [7, 11) is 1.35. The molecule has 0 aromatic heterocycles. The number of nitrogens with one attached hydrogen (secondary N) is 1. The lowest BCUT2D eigenvalue weighted by Crippen LogP contribution is -2.36. The van der Waals surface area contributed by atoms with Crippen LogP contribution in [0, 0.1) is 5.92 Å². The van der Waals surface area contributed by atoms with Crippen LogP contribution in [0.4, 0.5) is 0 Å². The maximum atomic E-state index is 11.9. The number of aliphatic imine (C=N–C) groups is 2. The molecule has 0 aliphatic carbocycles. The van der Waals surface area contributed by atoms with Gasteiger partial charge >= 0.3 is 5.97 Å². The molecule has 0 radical (unpaired) electrons. The van der Waals surface area contributed by atoms with E-state index in [9.17, 15) is 9.90 Å². The molecule has 1 unspecified atom stereocenters. The van der Waals surface area contributed by atoms with E-state index in [-0.39, 0.29) is 5.75 Å². The van der Waals surface area contributed by atoms with Crippen LogP contribution in [0.5, 0.6) is 11.5 Å². The smallest absolute Gasteiger partial charge is 0.337 e. The Bertz CT molecular complexity index is 1310. The molecule has 0 amide bonds. The SMILES string of the molecule is CC(C)C.CCCc1ccccc1C1N=C(c2ccc(C(=O)OC)cc2)NC(c2ccc(OCC)cc2O)=N1. The molecule has 39 heavy (non-hydrogen) atoms. The average molecular weight is 530 g/mol. The van der Waals surface area contributed by atoms with E-state index >= 15 is 0 Å². The highest BCUT2D eigenvalue weighted by Crippen LogP contribution is 2.30. The van der Waals surface area contributed by atoms with E-state index < -0.39 is 12.1 Å². The third kappa shape index (κ3) is 7.93. The fourth-order valence-corrected chi connectivity index (χ4v) is 4.01. The Morgan fingerprint density at radius 2 is 1.64 bits per heavy atom. The number of benzene rings is 3. The van der Waals surface area contributed by atoms with Crippen LogP contribution in [-0.2, 0) is 11.2 Å². The van der Waals surface area contributed by atoms with Gasteiger partial charge < -0.3 is 19.9 Å². The number of hydrogen-bond acceptors (Lipinski definition) is 7. The summed E-state index contributed by atoms with van der Waals surface area (Å²) >= 11 is 0. The van der Waals surface area contributed by atoms with Crippen molar-refractivity contribution in [1.29, 1.82) is 0 Å². The summed E-state index contributed by atoms with van der Waals surface area (Å²) in [5, 5.41) is 14.0. The van der Waals surface area contributed by atoms with Gasteiger partial charge in [-0.2, -0.15) is 0 Å². The summed E-state index contributed by atoms with van der Waals surface area (Å²) in [5.41, 5.74) is 3.99. The second-order valence-corrected chi connectivity index (χ2v) is 9.82. The molecule has 0 fully saturated rings. The number of hydrogen-bond donors (Lipinski definition) is 2. The largest absolute Gasteiger partial charge is 0.507 e. The lowest BCUT2D eigenvalue weighted by Gasteiger charge is -2.24. The Labute approximate surface area is 231 Å². The first-order valence-corrected chi connectivity index (χ1v) is 13.4. The van der Waals surface area contributed by atoms with E-state index in [4.69, 9.17) is 19.5 Å². The number of nitrogens with zero attached hydrogens (tertiary/aromatic N) is 2. The molecule has 1 heterocycles. The highest BCUT2D eigenvalue weighted by molar-refractivity contribution is 6.16. The van der Waals surface area contributed by atoms with Crippen molar-refractivity contribution < 1.29 is 19.4 Å². The lowest BCUT2D eigenvalue weighted by atomic mass is 10.0. The number of phenols is 1. The summed E-state index contributed by atoms with van der Waals surface area (Å²) in [6.07, 6.45) is 1.43. The number of aryl methyl sites for hydroxylation is 1. The summed E-state index contributed by atoms with van der Waals surface area (Å²) in [6.45, 7) is 11.0. The minimum atomic E-state index is -0.491. The number of phenolic OH excluding ortho intramolecular Hbond substituents is 1. The number of esters is 1. The summed E-state index contributed by atoms with van der Waals surface area (Å²) in [5.74, 6) is 2.18. The zero-order valence-electron chi connectivity index (χ0n) is 23.7. The number of rotatable bonds is 8. The Kier molecular flexibility index (Phi) is 10.7. The van der Waals surface area contributed by atoms with Crippen LogP contribution in [0.3, 0.4) is 0 Å². The highest BCUT2D eigenvalue weighted by Gasteiger charge is 2.24. The maximum Gasteiger partial charge on any atom is 0.337 e.